The highest BCUT2D eigenvalue weighted by Gasteiger charge is 2.36. The SMILES string of the molecule is O=C(OCN1C(=O)c2ccccc2C1=O)c1cc([N+](=O)[O-])cc([N+](=O)[O-])c1. The van der Waals surface area contributed by atoms with E-state index in [2.05, 4.69) is 0 Å². The van der Waals surface area contributed by atoms with Crippen molar-refractivity contribution in [2.45, 2.75) is 0 Å². The van der Waals surface area contributed by atoms with Crippen molar-refractivity contribution in [1.29, 1.82) is 0 Å². The Kier molecular flexibility index (Phi) is 4.34. The van der Waals surface area contributed by atoms with Gasteiger partial charge in [0.15, 0.2) is 6.73 Å². The molecular formula is C16H9N3O8. The van der Waals surface area contributed by atoms with Crippen molar-refractivity contribution >= 4 is 29.2 Å². The van der Waals surface area contributed by atoms with Gasteiger partial charge in [0.05, 0.1) is 32.6 Å². The third kappa shape index (κ3) is 3.20. The van der Waals surface area contributed by atoms with Crippen molar-refractivity contribution in [3.05, 3.63) is 79.4 Å². The third-order valence-electron chi connectivity index (χ3n) is 3.76. The highest BCUT2D eigenvalue weighted by Crippen LogP contribution is 2.25. The number of carbonyl (C=O) groups is 3. The number of nitrogens with zero attached hydrogens (tertiary/aromatic N) is 3. The molecule has 136 valence electrons. The number of nitro groups is 2. The molecule has 0 atom stereocenters. The van der Waals surface area contributed by atoms with Crippen LogP contribution in [0.25, 0.3) is 0 Å². The van der Waals surface area contributed by atoms with E-state index in [1.165, 1.54) is 12.1 Å². The second-order valence-electron chi connectivity index (χ2n) is 5.40. The second-order valence-corrected chi connectivity index (χ2v) is 5.40. The van der Waals surface area contributed by atoms with E-state index < -0.39 is 51.3 Å². The first-order chi connectivity index (χ1) is 12.8. The van der Waals surface area contributed by atoms with Gasteiger partial charge in [-0.05, 0) is 12.1 Å². The van der Waals surface area contributed by atoms with Crippen LogP contribution in [0.2, 0.25) is 0 Å². The first-order valence-corrected chi connectivity index (χ1v) is 7.36. The highest BCUT2D eigenvalue weighted by atomic mass is 16.6. The van der Waals surface area contributed by atoms with E-state index in [0.29, 0.717) is 11.0 Å². The minimum absolute atomic E-state index is 0.157. The molecule has 1 aliphatic rings. The molecule has 2 aromatic rings. The normalized spacial score (nSPS) is 12.7. The first kappa shape index (κ1) is 17.7. The summed E-state index contributed by atoms with van der Waals surface area (Å²) in [7, 11) is 0. The maximum absolute atomic E-state index is 12.2. The quantitative estimate of drug-likeness (QED) is 0.335. The van der Waals surface area contributed by atoms with Crippen LogP contribution in [0.3, 0.4) is 0 Å². The molecule has 3 rings (SSSR count). The molecule has 0 unspecified atom stereocenters. The van der Waals surface area contributed by atoms with Gasteiger partial charge in [0.2, 0.25) is 0 Å². The standard InChI is InChI=1S/C16H9N3O8/c20-14-12-3-1-2-4-13(12)15(21)17(14)8-27-16(22)9-5-10(18(23)24)7-11(6-9)19(25)26/h1-7H,8H2. The lowest BCUT2D eigenvalue weighted by atomic mass is 10.1. The minimum atomic E-state index is -1.15. The number of benzene rings is 2. The zero-order valence-electron chi connectivity index (χ0n) is 13.4. The molecule has 27 heavy (non-hydrogen) atoms. The number of ether oxygens (including phenoxy) is 1. The van der Waals surface area contributed by atoms with Gasteiger partial charge in [-0.25, -0.2) is 9.69 Å². The van der Waals surface area contributed by atoms with Crippen molar-refractivity contribution in [2.75, 3.05) is 6.73 Å². The predicted molar refractivity (Wildman–Crippen MR) is 87.0 cm³/mol. The topological polar surface area (TPSA) is 150 Å². The van der Waals surface area contributed by atoms with Gasteiger partial charge >= 0.3 is 5.97 Å². The van der Waals surface area contributed by atoms with Crippen molar-refractivity contribution in [3.8, 4) is 0 Å². The molecule has 0 spiro atoms. The molecule has 0 fully saturated rings. The molecule has 11 nitrogen and oxygen atoms in total. The zero-order chi connectivity index (χ0) is 19.7. The molecule has 0 radical (unpaired) electrons. The number of hydrogen-bond acceptors (Lipinski definition) is 8. The van der Waals surface area contributed by atoms with Crippen LogP contribution in [0.15, 0.2) is 42.5 Å². The summed E-state index contributed by atoms with van der Waals surface area (Å²) in [4.78, 5) is 57.1. The molecule has 0 N–H and O–H groups in total. The number of carbonyl (C=O) groups excluding carboxylic acids is 3. The van der Waals surface area contributed by atoms with Gasteiger partial charge in [0.25, 0.3) is 23.2 Å². The fourth-order valence-electron chi connectivity index (χ4n) is 2.49. The monoisotopic (exact) mass is 371 g/mol. The summed E-state index contributed by atoms with van der Waals surface area (Å²) >= 11 is 0. The number of hydrogen-bond donors (Lipinski definition) is 0. The van der Waals surface area contributed by atoms with E-state index in [9.17, 15) is 34.6 Å². The smallest absolute Gasteiger partial charge is 0.340 e. The fraction of sp³-hybridized carbons (Fsp3) is 0.0625. The van der Waals surface area contributed by atoms with Gasteiger partial charge < -0.3 is 4.74 Å². The van der Waals surface area contributed by atoms with Crippen LogP contribution in [0.4, 0.5) is 11.4 Å². The van der Waals surface area contributed by atoms with E-state index >= 15 is 0 Å². The second kappa shape index (κ2) is 6.63. The first-order valence-electron chi connectivity index (χ1n) is 7.36. The lowest BCUT2D eigenvalue weighted by Crippen LogP contribution is -2.33. The Morgan fingerprint density at radius 2 is 1.41 bits per heavy atom. The van der Waals surface area contributed by atoms with Gasteiger partial charge in [0.1, 0.15) is 0 Å². The maximum atomic E-state index is 12.2. The summed E-state index contributed by atoms with van der Waals surface area (Å²) < 4.78 is 4.85. The molecule has 2 aromatic carbocycles. The average Bonchev–Trinajstić information content (AvgIpc) is 2.90. The molecule has 11 heteroatoms. The van der Waals surface area contributed by atoms with Gasteiger partial charge in [-0.15, -0.1) is 0 Å². The lowest BCUT2D eigenvalue weighted by Gasteiger charge is -2.13. The van der Waals surface area contributed by atoms with Gasteiger partial charge in [-0.2, -0.15) is 0 Å². The van der Waals surface area contributed by atoms with E-state index in [1.807, 2.05) is 0 Å². The molecule has 0 aromatic heterocycles. The Bertz CT molecular complexity index is 949. The van der Waals surface area contributed by atoms with Crippen molar-refractivity contribution in [2.24, 2.45) is 0 Å². The summed E-state index contributed by atoms with van der Waals surface area (Å²) in [6, 6.07) is 8.34. The summed E-state index contributed by atoms with van der Waals surface area (Å²) in [5, 5.41) is 21.7. The van der Waals surface area contributed by atoms with Gasteiger partial charge in [-0.3, -0.25) is 29.8 Å². The zero-order valence-corrected chi connectivity index (χ0v) is 13.4. The fourth-order valence-corrected chi connectivity index (χ4v) is 2.49. The van der Waals surface area contributed by atoms with Crippen molar-refractivity contribution in [3.63, 3.8) is 0 Å². The number of non-ortho nitro benzene ring substituents is 2. The molecular weight excluding hydrogens is 362 g/mol. The maximum Gasteiger partial charge on any atom is 0.340 e. The van der Waals surface area contributed by atoms with Crippen LogP contribution in [-0.2, 0) is 4.74 Å². The average molecular weight is 371 g/mol. The summed E-state index contributed by atoms with van der Waals surface area (Å²) in [5.41, 5.74) is -1.48. The van der Waals surface area contributed by atoms with Crippen molar-refractivity contribution < 1.29 is 29.0 Å². The van der Waals surface area contributed by atoms with Crippen LogP contribution >= 0.6 is 0 Å². The Morgan fingerprint density at radius 1 is 0.926 bits per heavy atom. The lowest BCUT2D eigenvalue weighted by molar-refractivity contribution is -0.394. The minimum Gasteiger partial charge on any atom is -0.440 e. The van der Waals surface area contributed by atoms with E-state index in [4.69, 9.17) is 4.74 Å². The number of rotatable bonds is 5. The molecule has 0 bridgehead atoms. The number of amides is 2. The molecule has 0 saturated heterocycles. The van der Waals surface area contributed by atoms with Crippen LogP contribution < -0.4 is 0 Å². The van der Waals surface area contributed by atoms with Crippen LogP contribution in [0.1, 0.15) is 31.1 Å². The Morgan fingerprint density at radius 3 is 1.85 bits per heavy atom. The largest absolute Gasteiger partial charge is 0.440 e. The molecule has 0 aliphatic carbocycles. The Balaban J connectivity index is 1.79. The van der Waals surface area contributed by atoms with Crippen LogP contribution in [-0.4, -0.2) is 39.3 Å². The van der Waals surface area contributed by atoms with Crippen molar-refractivity contribution in [1.82, 2.24) is 4.90 Å². The van der Waals surface area contributed by atoms with Crippen LogP contribution in [0, 0.1) is 20.2 Å². The summed E-state index contributed by atoms with van der Waals surface area (Å²) in [6.45, 7) is -0.734. The summed E-state index contributed by atoms with van der Waals surface area (Å²) in [6.07, 6.45) is 0. The summed E-state index contributed by atoms with van der Waals surface area (Å²) in [5.74, 6) is -2.47. The molecule has 1 heterocycles. The molecule has 1 aliphatic heterocycles. The predicted octanol–water partition coefficient (Wildman–Crippen LogP) is 1.91. The Hall–Kier alpha value is -4.15. The number of nitro benzene ring substituents is 2. The van der Waals surface area contributed by atoms with Crippen LogP contribution in [0.5, 0.6) is 0 Å². The Labute approximate surface area is 150 Å². The number of imide groups is 1. The van der Waals surface area contributed by atoms with E-state index in [-0.39, 0.29) is 11.1 Å². The molecule has 0 saturated carbocycles. The number of fused-ring (bicyclic) bond motifs is 1. The van der Waals surface area contributed by atoms with E-state index in [1.54, 1.807) is 12.1 Å². The van der Waals surface area contributed by atoms with Gasteiger partial charge in [-0.1, -0.05) is 12.1 Å². The third-order valence-corrected chi connectivity index (χ3v) is 3.76. The molecule has 2 amide bonds. The van der Waals surface area contributed by atoms with Gasteiger partial charge in [0, 0.05) is 12.1 Å². The van der Waals surface area contributed by atoms with E-state index in [0.717, 1.165) is 12.1 Å². The highest BCUT2D eigenvalue weighted by molar-refractivity contribution is 6.21. The number of esters is 1.